The maximum atomic E-state index is 11.7. The molecule has 1 aliphatic rings. The van der Waals surface area contributed by atoms with Crippen LogP contribution in [0.25, 0.3) is 0 Å². The molecular formula is C12H20O. The zero-order valence-electron chi connectivity index (χ0n) is 8.97. The first-order valence-corrected chi connectivity index (χ1v) is 5.15. The molecule has 74 valence electrons. The average molecular weight is 180 g/mol. The van der Waals surface area contributed by atoms with Crippen molar-refractivity contribution < 1.29 is 4.79 Å². The lowest BCUT2D eigenvalue weighted by Crippen LogP contribution is -2.38. The molecule has 1 rings (SSSR count). The van der Waals surface area contributed by atoms with Gasteiger partial charge in [-0.15, -0.1) is 0 Å². The van der Waals surface area contributed by atoms with Gasteiger partial charge < -0.3 is 0 Å². The number of ketones is 1. The van der Waals surface area contributed by atoms with Gasteiger partial charge in [-0.1, -0.05) is 33.8 Å². The summed E-state index contributed by atoms with van der Waals surface area (Å²) in [6, 6.07) is 0. The van der Waals surface area contributed by atoms with Crippen LogP contribution in [0.3, 0.4) is 0 Å². The molecule has 0 aliphatic heterocycles. The van der Waals surface area contributed by atoms with E-state index in [0.717, 1.165) is 0 Å². The molecule has 0 aromatic rings. The van der Waals surface area contributed by atoms with Crippen LogP contribution in [-0.4, -0.2) is 5.78 Å². The lowest BCUT2D eigenvalue weighted by atomic mass is 9.62. The second-order valence-electron chi connectivity index (χ2n) is 4.94. The summed E-state index contributed by atoms with van der Waals surface area (Å²) in [5.41, 5.74) is 0.170. The van der Waals surface area contributed by atoms with Crippen LogP contribution < -0.4 is 0 Å². The quantitative estimate of drug-likeness (QED) is 0.596. The second kappa shape index (κ2) is 3.65. The van der Waals surface area contributed by atoms with E-state index < -0.39 is 0 Å². The van der Waals surface area contributed by atoms with Crippen molar-refractivity contribution >= 4 is 5.78 Å². The normalized spacial score (nSPS) is 32.5. The van der Waals surface area contributed by atoms with Crippen LogP contribution in [0, 0.1) is 17.3 Å². The molecule has 0 aromatic carbocycles. The molecule has 1 aliphatic carbocycles. The molecule has 0 unspecified atom stereocenters. The summed E-state index contributed by atoms with van der Waals surface area (Å²) in [5, 5.41) is 0. The van der Waals surface area contributed by atoms with E-state index in [1.807, 2.05) is 0 Å². The van der Waals surface area contributed by atoms with Gasteiger partial charge in [-0.3, -0.25) is 4.79 Å². The first-order valence-electron chi connectivity index (χ1n) is 5.15. The third-order valence-corrected chi connectivity index (χ3v) is 3.40. The third kappa shape index (κ3) is 2.01. The molecule has 1 nitrogen and oxygen atoms in total. The Morgan fingerprint density at radius 2 is 2.15 bits per heavy atom. The van der Waals surface area contributed by atoms with Crippen molar-refractivity contribution in [1.29, 1.82) is 0 Å². The van der Waals surface area contributed by atoms with Crippen LogP contribution in [0.2, 0.25) is 0 Å². The fourth-order valence-corrected chi connectivity index (χ4v) is 2.76. The minimum Gasteiger partial charge on any atom is -0.295 e. The van der Waals surface area contributed by atoms with E-state index >= 15 is 0 Å². The van der Waals surface area contributed by atoms with Gasteiger partial charge in [0.05, 0.1) is 0 Å². The molecule has 2 atom stereocenters. The van der Waals surface area contributed by atoms with E-state index in [1.54, 1.807) is 0 Å². The van der Waals surface area contributed by atoms with Crippen LogP contribution >= 0.6 is 0 Å². The van der Waals surface area contributed by atoms with Crippen LogP contribution in [0.4, 0.5) is 0 Å². The summed E-state index contributed by atoms with van der Waals surface area (Å²) in [5.74, 6) is 0.949. The van der Waals surface area contributed by atoms with Crippen molar-refractivity contribution in [1.82, 2.24) is 0 Å². The molecule has 0 amide bonds. The Bertz CT molecular complexity index is 215. The molecule has 1 fully saturated rings. The molecule has 0 N–H and O–H groups in total. The zero-order valence-corrected chi connectivity index (χ0v) is 8.97. The Balaban J connectivity index is 2.86. The Morgan fingerprint density at radius 1 is 1.54 bits per heavy atom. The van der Waals surface area contributed by atoms with Crippen LogP contribution in [0.1, 0.15) is 40.0 Å². The summed E-state index contributed by atoms with van der Waals surface area (Å²) < 4.78 is 0. The molecule has 0 saturated heterocycles. The number of rotatable bonds is 2. The minimum absolute atomic E-state index is 0.170. The van der Waals surface area contributed by atoms with E-state index in [9.17, 15) is 4.79 Å². The van der Waals surface area contributed by atoms with Gasteiger partial charge in [0.1, 0.15) is 0 Å². The molecule has 0 heterocycles. The molecular weight excluding hydrogens is 160 g/mol. The van der Waals surface area contributed by atoms with Crippen molar-refractivity contribution in [2.75, 3.05) is 0 Å². The van der Waals surface area contributed by atoms with Crippen LogP contribution in [0.15, 0.2) is 12.7 Å². The fraction of sp³-hybridized carbons (Fsp3) is 0.750. The topological polar surface area (TPSA) is 17.1 Å². The number of carbonyl (C=O) groups excluding carboxylic acids is 1. The van der Waals surface area contributed by atoms with Crippen LogP contribution in [-0.2, 0) is 4.79 Å². The molecule has 0 spiro atoms. The van der Waals surface area contributed by atoms with E-state index in [2.05, 4.69) is 27.4 Å². The molecule has 1 saturated carbocycles. The Kier molecular flexibility index (Phi) is 2.94. The van der Waals surface area contributed by atoms with Crippen molar-refractivity contribution in [3.63, 3.8) is 0 Å². The standard InChI is InChI=1S/C12H20O/c1-5-10(13)11-9(2)7-6-8-12(11,3)4/h5,9,11H,1,6-8H2,2-4H3/t9-,11+/m0/s1. The van der Waals surface area contributed by atoms with E-state index in [0.29, 0.717) is 5.92 Å². The summed E-state index contributed by atoms with van der Waals surface area (Å²) in [7, 11) is 0. The van der Waals surface area contributed by atoms with Gasteiger partial charge >= 0.3 is 0 Å². The highest BCUT2D eigenvalue weighted by atomic mass is 16.1. The van der Waals surface area contributed by atoms with Gasteiger partial charge in [0.2, 0.25) is 0 Å². The van der Waals surface area contributed by atoms with E-state index in [4.69, 9.17) is 0 Å². The lowest BCUT2D eigenvalue weighted by molar-refractivity contribution is -0.125. The Morgan fingerprint density at radius 3 is 2.62 bits per heavy atom. The van der Waals surface area contributed by atoms with E-state index in [1.165, 1.54) is 25.3 Å². The highest BCUT2D eigenvalue weighted by molar-refractivity contribution is 5.92. The second-order valence-corrected chi connectivity index (χ2v) is 4.94. The highest BCUT2D eigenvalue weighted by Gasteiger charge is 2.39. The number of carbonyl (C=O) groups is 1. The highest BCUT2D eigenvalue weighted by Crippen LogP contribution is 2.44. The first-order chi connectivity index (χ1) is 5.99. The lowest BCUT2D eigenvalue weighted by Gasteiger charge is -2.41. The summed E-state index contributed by atoms with van der Waals surface area (Å²) >= 11 is 0. The molecule has 0 aromatic heterocycles. The van der Waals surface area contributed by atoms with Crippen molar-refractivity contribution in [2.45, 2.75) is 40.0 Å². The molecule has 0 bridgehead atoms. The Hall–Kier alpha value is -0.590. The predicted octanol–water partition coefficient (Wildman–Crippen LogP) is 3.20. The number of hydrogen-bond donors (Lipinski definition) is 0. The van der Waals surface area contributed by atoms with Crippen LogP contribution in [0.5, 0.6) is 0 Å². The predicted molar refractivity (Wildman–Crippen MR) is 55.5 cm³/mol. The SMILES string of the molecule is C=CC(=O)[C@H]1[C@@H](C)CCCC1(C)C. The molecule has 13 heavy (non-hydrogen) atoms. The van der Waals surface area contributed by atoms with Crippen molar-refractivity contribution in [3.8, 4) is 0 Å². The van der Waals surface area contributed by atoms with E-state index in [-0.39, 0.29) is 17.1 Å². The zero-order chi connectivity index (χ0) is 10.1. The molecule has 0 radical (unpaired) electrons. The van der Waals surface area contributed by atoms with Gasteiger partial charge in [-0.05, 0) is 30.3 Å². The fourth-order valence-electron chi connectivity index (χ4n) is 2.76. The van der Waals surface area contributed by atoms with Gasteiger partial charge in [0, 0.05) is 5.92 Å². The number of hydrogen-bond acceptors (Lipinski definition) is 1. The van der Waals surface area contributed by atoms with Gasteiger partial charge in [0.15, 0.2) is 5.78 Å². The van der Waals surface area contributed by atoms with Crippen molar-refractivity contribution in [3.05, 3.63) is 12.7 Å². The maximum Gasteiger partial charge on any atom is 0.158 e. The summed E-state index contributed by atoms with van der Waals surface area (Å²) in [6.45, 7) is 10.2. The Labute approximate surface area is 81.2 Å². The maximum absolute atomic E-state index is 11.7. The molecule has 1 heteroatoms. The summed E-state index contributed by atoms with van der Waals surface area (Å²) in [6.07, 6.45) is 5.11. The monoisotopic (exact) mass is 180 g/mol. The summed E-state index contributed by atoms with van der Waals surface area (Å²) in [4.78, 5) is 11.7. The number of allylic oxidation sites excluding steroid dienone is 1. The third-order valence-electron chi connectivity index (χ3n) is 3.40. The average Bonchev–Trinajstić information content (AvgIpc) is 2.02. The minimum atomic E-state index is 0.170. The smallest absolute Gasteiger partial charge is 0.158 e. The van der Waals surface area contributed by atoms with Crippen molar-refractivity contribution in [2.24, 2.45) is 17.3 Å². The van der Waals surface area contributed by atoms with Gasteiger partial charge in [-0.25, -0.2) is 0 Å². The first kappa shape index (κ1) is 10.5. The van der Waals surface area contributed by atoms with Gasteiger partial charge in [0.25, 0.3) is 0 Å². The largest absolute Gasteiger partial charge is 0.295 e. The van der Waals surface area contributed by atoms with Gasteiger partial charge in [-0.2, -0.15) is 0 Å².